The molecule has 0 spiro atoms. The Morgan fingerprint density at radius 2 is 2.21 bits per heavy atom. The Morgan fingerprint density at radius 1 is 1.42 bits per heavy atom. The number of methoxy groups -OCH3 is 1. The second-order valence-corrected chi connectivity index (χ2v) is 4.16. The van der Waals surface area contributed by atoms with Crippen LogP contribution < -0.4 is 11.1 Å². The molecule has 0 saturated heterocycles. The molecule has 0 amide bonds. The van der Waals surface area contributed by atoms with E-state index in [-0.39, 0.29) is 23.1 Å². The largest absolute Gasteiger partial charge is 0.384 e. The summed E-state index contributed by atoms with van der Waals surface area (Å²) in [7, 11) is 1.52. The molecule has 2 rings (SSSR count). The van der Waals surface area contributed by atoms with Crippen LogP contribution in [0.1, 0.15) is 5.82 Å². The number of nitrogens with zero attached hydrogens (tertiary/aromatic N) is 2. The van der Waals surface area contributed by atoms with Crippen LogP contribution in [0.4, 0.5) is 21.7 Å². The fraction of sp³-hybridized carbons (Fsp3) is 0.167. The number of nitrogens with one attached hydrogen (secondary N) is 1. The number of para-hydroxylation sites is 1. The zero-order valence-corrected chi connectivity index (χ0v) is 10.9. The first kappa shape index (κ1) is 13.5. The monoisotopic (exact) mass is 282 g/mol. The maximum atomic E-state index is 13.6. The molecule has 19 heavy (non-hydrogen) atoms. The molecule has 0 saturated carbocycles. The Kier molecular flexibility index (Phi) is 4.13. The van der Waals surface area contributed by atoms with Gasteiger partial charge in [0.1, 0.15) is 24.1 Å². The molecule has 0 radical (unpaired) electrons. The summed E-state index contributed by atoms with van der Waals surface area (Å²) in [6.07, 6.45) is 0. The molecule has 0 atom stereocenters. The van der Waals surface area contributed by atoms with E-state index in [1.807, 2.05) is 0 Å². The van der Waals surface area contributed by atoms with Crippen LogP contribution >= 0.6 is 11.6 Å². The Labute approximate surface area is 114 Å². The highest BCUT2D eigenvalue weighted by atomic mass is 35.5. The van der Waals surface area contributed by atoms with Crippen LogP contribution in [-0.4, -0.2) is 17.1 Å². The third kappa shape index (κ3) is 3.30. The van der Waals surface area contributed by atoms with Gasteiger partial charge in [0.05, 0.1) is 10.7 Å². The second-order valence-electron chi connectivity index (χ2n) is 3.75. The van der Waals surface area contributed by atoms with Crippen molar-refractivity contribution in [1.29, 1.82) is 0 Å². The van der Waals surface area contributed by atoms with Crippen molar-refractivity contribution in [1.82, 2.24) is 9.97 Å². The number of nitrogens with two attached hydrogens (primary N) is 1. The molecule has 100 valence electrons. The van der Waals surface area contributed by atoms with Gasteiger partial charge in [-0.05, 0) is 12.1 Å². The number of aromatic nitrogens is 2. The number of ether oxygens (including phenoxy) is 1. The summed E-state index contributed by atoms with van der Waals surface area (Å²) in [6, 6.07) is 5.89. The van der Waals surface area contributed by atoms with E-state index in [0.717, 1.165) is 0 Å². The fourth-order valence-electron chi connectivity index (χ4n) is 1.52. The Morgan fingerprint density at radius 3 is 2.89 bits per heavy atom. The summed E-state index contributed by atoms with van der Waals surface area (Å²) in [5.74, 6) is 0.541. The van der Waals surface area contributed by atoms with Crippen LogP contribution in [0.15, 0.2) is 24.3 Å². The van der Waals surface area contributed by atoms with E-state index >= 15 is 0 Å². The average molecular weight is 283 g/mol. The molecule has 2 aromatic rings. The molecule has 0 aliphatic carbocycles. The number of halogens is 2. The third-order valence-corrected chi connectivity index (χ3v) is 2.60. The molecule has 7 heteroatoms. The third-order valence-electron chi connectivity index (χ3n) is 2.28. The lowest BCUT2D eigenvalue weighted by atomic mass is 10.3. The molecule has 0 unspecified atom stereocenters. The molecule has 1 aromatic carbocycles. The summed E-state index contributed by atoms with van der Waals surface area (Å²) in [5, 5.41) is 3.04. The number of rotatable bonds is 4. The maximum absolute atomic E-state index is 13.6. The van der Waals surface area contributed by atoms with Gasteiger partial charge in [-0.1, -0.05) is 17.7 Å². The Balaban J connectivity index is 2.33. The van der Waals surface area contributed by atoms with Crippen LogP contribution in [-0.2, 0) is 11.3 Å². The number of nitrogen functional groups attached to an aromatic ring is 1. The van der Waals surface area contributed by atoms with Crippen molar-refractivity contribution in [3.63, 3.8) is 0 Å². The van der Waals surface area contributed by atoms with Gasteiger partial charge in [-0.2, -0.15) is 0 Å². The van der Waals surface area contributed by atoms with Gasteiger partial charge in [0.25, 0.3) is 0 Å². The molecular weight excluding hydrogens is 271 g/mol. The zero-order chi connectivity index (χ0) is 13.8. The van der Waals surface area contributed by atoms with Crippen molar-refractivity contribution in [3.8, 4) is 0 Å². The van der Waals surface area contributed by atoms with E-state index in [4.69, 9.17) is 22.1 Å². The fourth-order valence-corrected chi connectivity index (χ4v) is 1.73. The van der Waals surface area contributed by atoms with Crippen molar-refractivity contribution >= 4 is 28.9 Å². The lowest BCUT2D eigenvalue weighted by Crippen LogP contribution is -2.05. The van der Waals surface area contributed by atoms with E-state index in [9.17, 15) is 4.39 Å². The van der Waals surface area contributed by atoms with Crippen molar-refractivity contribution in [2.24, 2.45) is 0 Å². The summed E-state index contributed by atoms with van der Waals surface area (Å²) in [4.78, 5) is 8.13. The summed E-state index contributed by atoms with van der Waals surface area (Å²) < 4.78 is 18.6. The Bertz CT molecular complexity index is 574. The van der Waals surface area contributed by atoms with E-state index in [0.29, 0.717) is 11.6 Å². The van der Waals surface area contributed by atoms with Crippen molar-refractivity contribution in [2.45, 2.75) is 6.61 Å². The van der Waals surface area contributed by atoms with Gasteiger partial charge in [0.2, 0.25) is 0 Å². The van der Waals surface area contributed by atoms with Gasteiger partial charge in [0, 0.05) is 13.2 Å². The van der Waals surface area contributed by atoms with Gasteiger partial charge >= 0.3 is 0 Å². The molecular formula is C12H12ClFN4O. The predicted octanol–water partition coefficient (Wildman–Crippen LogP) is 2.74. The molecule has 0 fully saturated rings. The van der Waals surface area contributed by atoms with Gasteiger partial charge < -0.3 is 15.8 Å². The molecule has 1 aromatic heterocycles. The number of anilines is 3. The van der Waals surface area contributed by atoms with Crippen LogP contribution in [0, 0.1) is 5.82 Å². The molecule has 0 aliphatic rings. The van der Waals surface area contributed by atoms with Crippen molar-refractivity contribution < 1.29 is 9.13 Å². The van der Waals surface area contributed by atoms with Crippen LogP contribution in [0.5, 0.6) is 0 Å². The maximum Gasteiger partial charge on any atom is 0.158 e. The van der Waals surface area contributed by atoms with E-state index in [1.165, 1.54) is 25.3 Å². The second kappa shape index (κ2) is 5.81. The van der Waals surface area contributed by atoms with Gasteiger partial charge in [-0.15, -0.1) is 0 Å². The zero-order valence-electron chi connectivity index (χ0n) is 10.2. The summed E-state index contributed by atoms with van der Waals surface area (Å²) in [5.41, 5.74) is 5.79. The van der Waals surface area contributed by atoms with Crippen molar-refractivity contribution in [2.75, 3.05) is 18.2 Å². The molecule has 3 N–H and O–H groups in total. The molecule has 5 nitrogen and oxygen atoms in total. The highest BCUT2D eigenvalue weighted by Crippen LogP contribution is 2.27. The van der Waals surface area contributed by atoms with Gasteiger partial charge in [-0.3, -0.25) is 0 Å². The minimum atomic E-state index is -0.474. The first-order valence-electron chi connectivity index (χ1n) is 5.43. The van der Waals surface area contributed by atoms with Crippen LogP contribution in [0.2, 0.25) is 5.02 Å². The molecule has 0 aliphatic heterocycles. The predicted molar refractivity (Wildman–Crippen MR) is 71.9 cm³/mol. The standard InChI is InChI=1S/C12H12ClFN4O/c1-19-6-11-16-9(15)5-10(17-11)18-12-7(13)3-2-4-8(12)14/h2-5H,6H2,1H3,(H3,15,16,17,18). The summed E-state index contributed by atoms with van der Waals surface area (Å²) >= 11 is 5.92. The minimum absolute atomic E-state index is 0.144. The van der Waals surface area contributed by atoms with E-state index < -0.39 is 5.82 Å². The lowest BCUT2D eigenvalue weighted by molar-refractivity contribution is 0.178. The summed E-state index contributed by atoms with van der Waals surface area (Å²) in [6.45, 7) is 0.213. The highest BCUT2D eigenvalue weighted by molar-refractivity contribution is 6.33. The smallest absolute Gasteiger partial charge is 0.158 e. The average Bonchev–Trinajstić information content (AvgIpc) is 2.34. The first-order chi connectivity index (χ1) is 9.10. The quantitative estimate of drug-likeness (QED) is 0.902. The molecule has 0 bridgehead atoms. The SMILES string of the molecule is COCc1nc(N)cc(Nc2c(F)cccc2Cl)n1. The molecule has 1 heterocycles. The van der Waals surface area contributed by atoms with Crippen molar-refractivity contribution in [3.05, 3.63) is 40.9 Å². The van der Waals surface area contributed by atoms with E-state index in [2.05, 4.69) is 15.3 Å². The highest BCUT2D eigenvalue weighted by Gasteiger charge is 2.09. The minimum Gasteiger partial charge on any atom is -0.384 e. The van der Waals surface area contributed by atoms with E-state index in [1.54, 1.807) is 6.07 Å². The lowest BCUT2D eigenvalue weighted by Gasteiger charge is -2.10. The number of hydrogen-bond acceptors (Lipinski definition) is 5. The topological polar surface area (TPSA) is 73.1 Å². The van der Waals surface area contributed by atoms with Gasteiger partial charge in [-0.25, -0.2) is 14.4 Å². The van der Waals surface area contributed by atoms with Crippen LogP contribution in [0.3, 0.4) is 0 Å². The van der Waals surface area contributed by atoms with Crippen LogP contribution in [0.25, 0.3) is 0 Å². The normalized spacial score (nSPS) is 10.5. The Hall–Kier alpha value is -1.92. The first-order valence-corrected chi connectivity index (χ1v) is 5.81. The number of hydrogen-bond donors (Lipinski definition) is 2. The number of benzene rings is 1. The van der Waals surface area contributed by atoms with Gasteiger partial charge in [0.15, 0.2) is 5.82 Å².